The van der Waals surface area contributed by atoms with Gasteiger partial charge in [0.15, 0.2) is 0 Å². The molecule has 1 saturated heterocycles. The number of rotatable bonds is 4. The van der Waals surface area contributed by atoms with Crippen LogP contribution < -0.4 is 0 Å². The molecule has 23 heavy (non-hydrogen) atoms. The van der Waals surface area contributed by atoms with Crippen LogP contribution in [-0.4, -0.2) is 36.6 Å². The summed E-state index contributed by atoms with van der Waals surface area (Å²) in [6, 6.07) is 5.91. The van der Waals surface area contributed by atoms with Crippen LogP contribution in [0.3, 0.4) is 0 Å². The summed E-state index contributed by atoms with van der Waals surface area (Å²) in [6.45, 7) is 0.872. The fourth-order valence-corrected chi connectivity index (χ4v) is 4.35. The minimum Gasteiger partial charge on any atom is -0.381 e. The van der Waals surface area contributed by atoms with Gasteiger partial charge < -0.3 is 9.64 Å². The third kappa shape index (κ3) is 3.84. The quantitative estimate of drug-likeness (QED) is 0.803. The van der Waals surface area contributed by atoms with E-state index in [0.29, 0.717) is 28.6 Å². The molecular formula is C18H23Cl2NO2. The lowest BCUT2D eigenvalue weighted by Crippen LogP contribution is -2.41. The second-order valence-electron chi connectivity index (χ2n) is 6.62. The van der Waals surface area contributed by atoms with Crippen molar-refractivity contribution < 1.29 is 9.53 Å². The van der Waals surface area contributed by atoms with Crippen molar-refractivity contribution in [2.45, 2.75) is 50.7 Å². The van der Waals surface area contributed by atoms with Gasteiger partial charge in [-0.1, -0.05) is 29.3 Å². The number of amides is 1. The van der Waals surface area contributed by atoms with Gasteiger partial charge in [0.2, 0.25) is 5.91 Å². The number of halogens is 2. The largest absolute Gasteiger partial charge is 0.381 e. The highest BCUT2D eigenvalue weighted by Crippen LogP contribution is 2.32. The van der Waals surface area contributed by atoms with Crippen LogP contribution in [0.25, 0.3) is 0 Å². The standard InChI is InChI=1S/C18H23Cl2NO2/c1-23-16-6-4-15(5-7-16)21-9-8-13(18(21)22)10-12-2-3-14(19)11-17(12)20/h2-3,11,13,15-16H,4-10H2,1H3. The summed E-state index contributed by atoms with van der Waals surface area (Å²) in [4.78, 5) is 14.9. The summed E-state index contributed by atoms with van der Waals surface area (Å²) in [7, 11) is 1.78. The highest BCUT2D eigenvalue weighted by Gasteiger charge is 2.37. The zero-order chi connectivity index (χ0) is 16.4. The smallest absolute Gasteiger partial charge is 0.226 e. The number of hydrogen-bond acceptors (Lipinski definition) is 2. The van der Waals surface area contributed by atoms with Crippen molar-refractivity contribution in [2.75, 3.05) is 13.7 Å². The molecule has 1 saturated carbocycles. The average Bonchev–Trinajstić information content (AvgIpc) is 2.91. The lowest BCUT2D eigenvalue weighted by molar-refractivity contribution is -0.134. The fourth-order valence-electron chi connectivity index (χ4n) is 3.86. The minimum absolute atomic E-state index is 0.0498. The summed E-state index contributed by atoms with van der Waals surface area (Å²) < 4.78 is 5.42. The minimum atomic E-state index is 0.0498. The molecule has 0 N–H and O–H groups in total. The van der Waals surface area contributed by atoms with E-state index in [1.165, 1.54) is 0 Å². The molecule has 1 aliphatic heterocycles. The fraction of sp³-hybridized carbons (Fsp3) is 0.611. The van der Waals surface area contributed by atoms with Crippen molar-refractivity contribution in [1.82, 2.24) is 4.90 Å². The Hall–Kier alpha value is -0.770. The molecule has 2 aliphatic rings. The maximum absolute atomic E-state index is 12.8. The van der Waals surface area contributed by atoms with Crippen LogP contribution in [0.4, 0.5) is 0 Å². The first-order valence-corrected chi connectivity index (χ1v) is 9.11. The lowest BCUT2D eigenvalue weighted by Gasteiger charge is -2.34. The lowest BCUT2D eigenvalue weighted by atomic mass is 9.91. The highest BCUT2D eigenvalue weighted by atomic mass is 35.5. The molecule has 3 nitrogen and oxygen atoms in total. The van der Waals surface area contributed by atoms with Crippen LogP contribution in [-0.2, 0) is 16.0 Å². The molecule has 0 spiro atoms. The van der Waals surface area contributed by atoms with Crippen molar-refractivity contribution in [2.24, 2.45) is 5.92 Å². The molecule has 1 amide bonds. The highest BCUT2D eigenvalue weighted by molar-refractivity contribution is 6.35. The SMILES string of the molecule is COC1CCC(N2CCC(Cc3ccc(Cl)cc3Cl)C2=O)CC1. The van der Waals surface area contributed by atoms with Gasteiger partial charge in [0.1, 0.15) is 0 Å². The summed E-state index contributed by atoms with van der Waals surface area (Å²) in [6.07, 6.45) is 6.21. The molecular weight excluding hydrogens is 333 g/mol. The first kappa shape index (κ1) is 17.1. The Kier molecular flexibility index (Phi) is 5.50. The first-order valence-electron chi connectivity index (χ1n) is 8.35. The topological polar surface area (TPSA) is 29.5 Å². The Morgan fingerprint density at radius 2 is 1.91 bits per heavy atom. The molecule has 1 unspecified atom stereocenters. The van der Waals surface area contributed by atoms with E-state index in [0.717, 1.165) is 44.2 Å². The van der Waals surface area contributed by atoms with Crippen LogP contribution in [0.2, 0.25) is 10.0 Å². The van der Waals surface area contributed by atoms with E-state index in [4.69, 9.17) is 27.9 Å². The number of ether oxygens (including phenoxy) is 1. The predicted molar refractivity (Wildman–Crippen MR) is 93.0 cm³/mol. The molecule has 1 aromatic carbocycles. The van der Waals surface area contributed by atoms with Crippen LogP contribution in [0, 0.1) is 5.92 Å². The number of carbonyl (C=O) groups excluding carboxylic acids is 1. The van der Waals surface area contributed by atoms with Gasteiger partial charge >= 0.3 is 0 Å². The number of nitrogens with zero attached hydrogens (tertiary/aromatic N) is 1. The van der Waals surface area contributed by atoms with Crippen LogP contribution in [0.5, 0.6) is 0 Å². The van der Waals surface area contributed by atoms with E-state index in [2.05, 4.69) is 4.90 Å². The normalized spacial score (nSPS) is 28.4. The van der Waals surface area contributed by atoms with Gasteiger partial charge in [-0.05, 0) is 56.2 Å². The Labute approximate surface area is 147 Å². The third-order valence-corrected chi connectivity index (χ3v) is 5.84. The zero-order valence-electron chi connectivity index (χ0n) is 13.4. The molecule has 0 radical (unpaired) electrons. The molecule has 2 fully saturated rings. The Balaban J connectivity index is 1.60. The van der Waals surface area contributed by atoms with E-state index in [1.54, 1.807) is 13.2 Å². The van der Waals surface area contributed by atoms with Gasteiger partial charge in [0.25, 0.3) is 0 Å². The molecule has 1 atom stereocenters. The molecule has 0 aromatic heterocycles. The third-order valence-electron chi connectivity index (χ3n) is 5.25. The maximum atomic E-state index is 12.8. The number of benzene rings is 1. The summed E-state index contributed by atoms with van der Waals surface area (Å²) >= 11 is 12.2. The first-order chi connectivity index (χ1) is 11.1. The van der Waals surface area contributed by atoms with Crippen LogP contribution in [0.15, 0.2) is 18.2 Å². The predicted octanol–water partition coefficient (Wildman–Crippen LogP) is 4.34. The van der Waals surface area contributed by atoms with E-state index < -0.39 is 0 Å². The zero-order valence-corrected chi connectivity index (χ0v) is 14.9. The molecule has 0 bridgehead atoms. The number of methoxy groups -OCH3 is 1. The van der Waals surface area contributed by atoms with Crippen molar-refractivity contribution in [3.63, 3.8) is 0 Å². The molecule has 3 rings (SSSR count). The van der Waals surface area contributed by atoms with E-state index in [1.807, 2.05) is 12.1 Å². The summed E-state index contributed by atoms with van der Waals surface area (Å²) in [5, 5.41) is 1.29. The Morgan fingerprint density at radius 3 is 2.57 bits per heavy atom. The Morgan fingerprint density at radius 1 is 1.17 bits per heavy atom. The van der Waals surface area contributed by atoms with Gasteiger partial charge in [-0.15, -0.1) is 0 Å². The summed E-state index contributed by atoms with van der Waals surface area (Å²) in [5.41, 5.74) is 1.01. The molecule has 5 heteroatoms. The average molecular weight is 356 g/mol. The molecule has 126 valence electrons. The number of hydrogen-bond donors (Lipinski definition) is 0. The second kappa shape index (κ2) is 7.42. The monoisotopic (exact) mass is 355 g/mol. The Bertz CT molecular complexity index is 570. The van der Waals surface area contributed by atoms with Crippen molar-refractivity contribution in [3.8, 4) is 0 Å². The van der Waals surface area contributed by atoms with Gasteiger partial charge in [-0.25, -0.2) is 0 Å². The second-order valence-corrected chi connectivity index (χ2v) is 7.47. The van der Waals surface area contributed by atoms with Crippen LogP contribution in [0.1, 0.15) is 37.7 Å². The number of likely N-dealkylation sites (tertiary alicyclic amines) is 1. The number of carbonyl (C=O) groups is 1. The van der Waals surface area contributed by atoms with Crippen LogP contribution >= 0.6 is 23.2 Å². The van der Waals surface area contributed by atoms with Crippen molar-refractivity contribution >= 4 is 29.1 Å². The van der Waals surface area contributed by atoms with E-state index in [-0.39, 0.29) is 11.8 Å². The van der Waals surface area contributed by atoms with Gasteiger partial charge in [0, 0.05) is 35.7 Å². The van der Waals surface area contributed by atoms with E-state index in [9.17, 15) is 4.79 Å². The van der Waals surface area contributed by atoms with E-state index >= 15 is 0 Å². The van der Waals surface area contributed by atoms with Crippen molar-refractivity contribution in [3.05, 3.63) is 33.8 Å². The van der Waals surface area contributed by atoms with Crippen molar-refractivity contribution in [1.29, 1.82) is 0 Å². The summed E-state index contributed by atoms with van der Waals surface area (Å²) in [5.74, 6) is 0.339. The maximum Gasteiger partial charge on any atom is 0.226 e. The van der Waals surface area contributed by atoms with Gasteiger partial charge in [-0.3, -0.25) is 4.79 Å². The van der Waals surface area contributed by atoms with Gasteiger partial charge in [-0.2, -0.15) is 0 Å². The molecule has 1 aromatic rings. The van der Waals surface area contributed by atoms with Gasteiger partial charge in [0.05, 0.1) is 6.10 Å². The molecule has 1 aliphatic carbocycles. The molecule has 1 heterocycles.